The Morgan fingerprint density at radius 1 is 1.34 bits per heavy atom. The van der Waals surface area contributed by atoms with Crippen molar-refractivity contribution in [3.05, 3.63) is 45.6 Å². The fraction of sp³-hybridized carbons (Fsp3) is 0.455. The molecular formula is C22H27FN2O5S2. The Hall–Kier alpha value is -2.46. The highest BCUT2D eigenvalue weighted by Crippen LogP contribution is 2.37. The SMILES string of the molecule is CC[C@H](C)CC(=O)N1CCc2c(sc(S(=O)(=O)Nc3ccc(C)c(F)c3)c2C(=O)OC)C1. The van der Waals surface area contributed by atoms with Crippen LogP contribution < -0.4 is 4.72 Å². The number of hydrogen-bond acceptors (Lipinski definition) is 6. The van der Waals surface area contributed by atoms with Crippen LogP contribution in [0.5, 0.6) is 0 Å². The topological polar surface area (TPSA) is 92.8 Å². The zero-order chi connectivity index (χ0) is 23.6. The number of esters is 1. The maximum atomic E-state index is 13.9. The zero-order valence-corrected chi connectivity index (χ0v) is 20.2. The van der Waals surface area contributed by atoms with E-state index in [1.807, 2.05) is 13.8 Å². The molecule has 0 spiro atoms. The number of hydrogen-bond donors (Lipinski definition) is 1. The molecule has 32 heavy (non-hydrogen) atoms. The number of amides is 1. The third-order valence-corrected chi connectivity index (χ3v) is 8.77. The summed E-state index contributed by atoms with van der Waals surface area (Å²) in [6.45, 7) is 6.26. The van der Waals surface area contributed by atoms with Crippen LogP contribution in [0.4, 0.5) is 10.1 Å². The molecule has 0 radical (unpaired) electrons. The lowest BCUT2D eigenvalue weighted by atomic mass is 10.0. The lowest BCUT2D eigenvalue weighted by Gasteiger charge is -2.28. The number of fused-ring (bicyclic) bond motifs is 1. The van der Waals surface area contributed by atoms with E-state index in [1.54, 1.807) is 11.8 Å². The number of halogens is 1. The second-order valence-electron chi connectivity index (χ2n) is 8.01. The van der Waals surface area contributed by atoms with Crippen LogP contribution in [-0.2, 0) is 32.5 Å². The van der Waals surface area contributed by atoms with Crippen LogP contribution in [-0.4, -0.2) is 38.8 Å². The molecule has 1 aromatic carbocycles. The van der Waals surface area contributed by atoms with Gasteiger partial charge in [-0.15, -0.1) is 11.3 Å². The smallest absolute Gasteiger partial charge is 0.340 e. The largest absolute Gasteiger partial charge is 0.465 e. The summed E-state index contributed by atoms with van der Waals surface area (Å²) in [5, 5.41) is 0. The summed E-state index contributed by atoms with van der Waals surface area (Å²) in [6, 6.07) is 4.01. The van der Waals surface area contributed by atoms with Gasteiger partial charge in [-0.1, -0.05) is 26.3 Å². The van der Waals surface area contributed by atoms with E-state index < -0.39 is 21.8 Å². The first-order chi connectivity index (χ1) is 15.1. The third-order valence-electron chi connectivity index (χ3n) is 5.65. The second kappa shape index (κ2) is 9.58. The number of benzene rings is 1. The first-order valence-corrected chi connectivity index (χ1v) is 12.7. The summed E-state index contributed by atoms with van der Waals surface area (Å²) in [6.07, 6.45) is 1.67. The number of carbonyl (C=O) groups is 2. The van der Waals surface area contributed by atoms with Crippen LogP contribution >= 0.6 is 11.3 Å². The van der Waals surface area contributed by atoms with Crippen molar-refractivity contribution in [1.82, 2.24) is 4.90 Å². The number of methoxy groups -OCH3 is 1. The summed E-state index contributed by atoms with van der Waals surface area (Å²) in [5.41, 5.74) is 1.02. The predicted octanol–water partition coefficient (Wildman–Crippen LogP) is 4.10. The minimum Gasteiger partial charge on any atom is -0.465 e. The molecule has 7 nitrogen and oxygen atoms in total. The molecule has 2 heterocycles. The Bertz CT molecular complexity index is 1140. The van der Waals surface area contributed by atoms with E-state index in [9.17, 15) is 22.4 Å². The van der Waals surface area contributed by atoms with Crippen molar-refractivity contribution in [3.8, 4) is 0 Å². The number of ether oxygens (including phenoxy) is 1. The minimum atomic E-state index is -4.19. The molecule has 0 saturated carbocycles. The van der Waals surface area contributed by atoms with E-state index in [0.717, 1.165) is 23.8 Å². The van der Waals surface area contributed by atoms with Gasteiger partial charge in [0, 0.05) is 17.8 Å². The molecule has 1 atom stereocenters. The molecule has 1 amide bonds. The number of rotatable bonds is 7. The number of carbonyl (C=O) groups excluding carboxylic acids is 2. The van der Waals surface area contributed by atoms with Crippen LogP contribution in [0, 0.1) is 18.7 Å². The molecule has 174 valence electrons. The van der Waals surface area contributed by atoms with Gasteiger partial charge in [-0.2, -0.15) is 0 Å². The Kier molecular flexibility index (Phi) is 7.24. The second-order valence-corrected chi connectivity index (χ2v) is 11.0. The van der Waals surface area contributed by atoms with Crippen LogP contribution in [0.2, 0.25) is 0 Å². The summed E-state index contributed by atoms with van der Waals surface area (Å²) >= 11 is 0.946. The third kappa shape index (κ3) is 4.96. The monoisotopic (exact) mass is 482 g/mol. The molecule has 0 fully saturated rings. The Morgan fingerprint density at radius 2 is 2.06 bits per heavy atom. The number of sulfonamides is 1. The van der Waals surface area contributed by atoms with Gasteiger partial charge >= 0.3 is 5.97 Å². The molecule has 1 N–H and O–H groups in total. The van der Waals surface area contributed by atoms with E-state index in [2.05, 4.69) is 4.72 Å². The molecule has 1 aliphatic heterocycles. The van der Waals surface area contributed by atoms with Gasteiger partial charge in [0.1, 0.15) is 5.82 Å². The quantitative estimate of drug-likeness (QED) is 0.600. The van der Waals surface area contributed by atoms with E-state index in [0.29, 0.717) is 35.4 Å². The first kappa shape index (κ1) is 24.2. The van der Waals surface area contributed by atoms with Crippen molar-refractivity contribution in [1.29, 1.82) is 0 Å². The van der Waals surface area contributed by atoms with Gasteiger partial charge in [0.25, 0.3) is 10.0 Å². The summed E-state index contributed by atoms with van der Waals surface area (Å²) < 4.78 is 47.2. The van der Waals surface area contributed by atoms with Crippen molar-refractivity contribution in [2.45, 2.75) is 50.8 Å². The highest BCUT2D eigenvalue weighted by atomic mass is 32.2. The Balaban J connectivity index is 1.96. The fourth-order valence-corrected chi connectivity index (χ4v) is 6.47. The molecule has 2 aromatic rings. The Morgan fingerprint density at radius 3 is 2.69 bits per heavy atom. The number of nitrogens with one attached hydrogen (secondary N) is 1. The first-order valence-electron chi connectivity index (χ1n) is 10.4. The minimum absolute atomic E-state index is 0.00989. The maximum absolute atomic E-state index is 13.9. The van der Waals surface area contributed by atoms with Gasteiger partial charge < -0.3 is 9.64 Å². The van der Waals surface area contributed by atoms with Crippen LogP contribution in [0.3, 0.4) is 0 Å². The standard InChI is InChI=1S/C22H27FN2O5S2/c1-5-13(2)10-19(26)25-9-8-16-18(12-25)31-22(20(16)21(27)30-4)32(28,29)24-15-7-6-14(3)17(23)11-15/h6-7,11,13,24H,5,8-10,12H2,1-4H3/t13-/m0/s1. The Labute approximate surface area is 191 Å². The van der Waals surface area contributed by atoms with Gasteiger partial charge in [-0.25, -0.2) is 17.6 Å². The highest BCUT2D eigenvalue weighted by Gasteiger charge is 2.35. The summed E-state index contributed by atoms with van der Waals surface area (Å²) in [7, 11) is -3.00. The van der Waals surface area contributed by atoms with Crippen molar-refractivity contribution < 1.29 is 27.1 Å². The van der Waals surface area contributed by atoms with Gasteiger partial charge in [0.15, 0.2) is 4.21 Å². The predicted molar refractivity (Wildman–Crippen MR) is 121 cm³/mol. The van der Waals surface area contributed by atoms with Gasteiger partial charge in [0.2, 0.25) is 5.91 Å². The normalized spacial score (nSPS) is 14.6. The van der Waals surface area contributed by atoms with Gasteiger partial charge in [-0.3, -0.25) is 9.52 Å². The summed E-state index contributed by atoms with van der Waals surface area (Å²) in [4.78, 5) is 27.5. The van der Waals surface area contributed by atoms with Gasteiger partial charge in [0.05, 0.1) is 24.9 Å². The fourth-order valence-electron chi connectivity index (χ4n) is 3.52. The summed E-state index contributed by atoms with van der Waals surface area (Å²) in [5.74, 6) is -1.03. The number of nitrogens with zero attached hydrogens (tertiary/aromatic N) is 1. The van der Waals surface area contributed by atoms with Crippen LogP contribution in [0.1, 0.15) is 53.1 Å². The molecule has 3 rings (SSSR count). The lowest BCUT2D eigenvalue weighted by Crippen LogP contribution is -2.36. The number of aryl methyl sites for hydroxylation is 1. The number of thiophene rings is 1. The molecule has 0 saturated heterocycles. The van der Waals surface area contributed by atoms with Crippen molar-refractivity contribution in [3.63, 3.8) is 0 Å². The molecule has 0 bridgehead atoms. The molecule has 0 aliphatic carbocycles. The highest BCUT2D eigenvalue weighted by molar-refractivity contribution is 7.94. The van der Waals surface area contributed by atoms with E-state index in [1.165, 1.54) is 19.2 Å². The lowest BCUT2D eigenvalue weighted by molar-refractivity contribution is -0.133. The average molecular weight is 483 g/mol. The maximum Gasteiger partial charge on any atom is 0.340 e. The molecule has 10 heteroatoms. The molecule has 1 aliphatic rings. The van der Waals surface area contributed by atoms with E-state index in [4.69, 9.17) is 4.74 Å². The molecular weight excluding hydrogens is 455 g/mol. The number of anilines is 1. The van der Waals surface area contributed by atoms with Crippen LogP contribution in [0.15, 0.2) is 22.4 Å². The van der Waals surface area contributed by atoms with Crippen molar-refractivity contribution in [2.24, 2.45) is 5.92 Å². The van der Waals surface area contributed by atoms with Crippen molar-refractivity contribution >= 4 is 38.9 Å². The average Bonchev–Trinajstić information content (AvgIpc) is 3.15. The molecule has 1 aromatic heterocycles. The zero-order valence-electron chi connectivity index (χ0n) is 18.5. The van der Waals surface area contributed by atoms with Gasteiger partial charge in [-0.05, 0) is 42.5 Å². The van der Waals surface area contributed by atoms with E-state index in [-0.39, 0.29) is 33.8 Å². The van der Waals surface area contributed by atoms with Crippen molar-refractivity contribution in [2.75, 3.05) is 18.4 Å². The van der Waals surface area contributed by atoms with Crippen LogP contribution in [0.25, 0.3) is 0 Å². The van der Waals surface area contributed by atoms with E-state index >= 15 is 0 Å². The molecule has 0 unspecified atom stereocenters.